The fourth-order valence-corrected chi connectivity index (χ4v) is 6.49. The molecule has 1 aliphatic rings. The fourth-order valence-electron chi connectivity index (χ4n) is 5.31. The van der Waals surface area contributed by atoms with Gasteiger partial charge in [-0.15, -0.1) is 0 Å². The zero-order valence-electron chi connectivity index (χ0n) is 17.5. The molecule has 6 aromatic carbocycles. The van der Waals surface area contributed by atoms with Crippen molar-refractivity contribution in [2.24, 2.45) is 0 Å². The molecule has 0 saturated carbocycles. The van der Waals surface area contributed by atoms with Crippen molar-refractivity contribution in [3.05, 3.63) is 132 Å². The standard InChI is InChI=1S/C31H20S/c1-2-10-23-19-24(14-13-20(23)7-1)29-30-25-11-5-3-8-21(25)15-17-27(30)32-28-18-16-22-9-4-6-12-26(22)31(28)29/h1-19,29H. The predicted molar refractivity (Wildman–Crippen MR) is 137 cm³/mol. The molecule has 0 saturated heterocycles. The summed E-state index contributed by atoms with van der Waals surface area (Å²) in [6, 6.07) is 42.5. The minimum atomic E-state index is 0.197. The Morgan fingerprint density at radius 2 is 0.938 bits per heavy atom. The van der Waals surface area contributed by atoms with Crippen LogP contribution in [0.1, 0.15) is 22.6 Å². The van der Waals surface area contributed by atoms with E-state index in [9.17, 15) is 0 Å². The van der Waals surface area contributed by atoms with Crippen LogP contribution in [0, 0.1) is 0 Å². The van der Waals surface area contributed by atoms with Crippen LogP contribution in [-0.2, 0) is 0 Å². The SMILES string of the molecule is c1ccc2cc(C3c4c(ccc5ccccc45)Sc4ccc5ccccc5c43)ccc2c1. The molecule has 0 nitrogen and oxygen atoms in total. The largest absolute Gasteiger partial charge is 0.0894 e. The topological polar surface area (TPSA) is 0 Å². The quantitative estimate of drug-likeness (QED) is 0.254. The smallest absolute Gasteiger partial charge is 0.0374 e. The zero-order chi connectivity index (χ0) is 21.1. The van der Waals surface area contributed by atoms with E-state index in [0.29, 0.717) is 0 Å². The molecule has 7 rings (SSSR count). The lowest BCUT2D eigenvalue weighted by atomic mass is 9.80. The van der Waals surface area contributed by atoms with Crippen LogP contribution >= 0.6 is 11.8 Å². The number of fused-ring (bicyclic) bond motifs is 7. The number of rotatable bonds is 1. The first-order chi connectivity index (χ1) is 15.9. The molecule has 0 aliphatic carbocycles. The highest BCUT2D eigenvalue weighted by Gasteiger charge is 2.31. The predicted octanol–water partition coefficient (Wildman–Crippen LogP) is 8.79. The van der Waals surface area contributed by atoms with Gasteiger partial charge in [0.05, 0.1) is 0 Å². The van der Waals surface area contributed by atoms with Crippen LogP contribution in [0.3, 0.4) is 0 Å². The Balaban J connectivity index is 1.62. The minimum absolute atomic E-state index is 0.197. The van der Waals surface area contributed by atoms with Crippen LogP contribution in [0.15, 0.2) is 125 Å². The number of hydrogen-bond acceptors (Lipinski definition) is 1. The Labute approximate surface area is 191 Å². The van der Waals surface area contributed by atoms with Crippen LogP contribution < -0.4 is 0 Å². The lowest BCUT2D eigenvalue weighted by Crippen LogP contribution is -2.11. The molecule has 1 heterocycles. The van der Waals surface area contributed by atoms with E-state index in [2.05, 4.69) is 115 Å². The maximum Gasteiger partial charge on any atom is 0.0374 e. The molecule has 1 aliphatic heterocycles. The molecule has 0 spiro atoms. The van der Waals surface area contributed by atoms with Gasteiger partial charge in [0.25, 0.3) is 0 Å². The summed E-state index contributed by atoms with van der Waals surface area (Å²) < 4.78 is 0. The summed E-state index contributed by atoms with van der Waals surface area (Å²) in [5.41, 5.74) is 4.23. The highest BCUT2D eigenvalue weighted by Crippen LogP contribution is 2.53. The van der Waals surface area contributed by atoms with E-state index >= 15 is 0 Å². The molecule has 0 fully saturated rings. The van der Waals surface area contributed by atoms with E-state index in [-0.39, 0.29) is 5.92 Å². The summed E-state index contributed by atoms with van der Waals surface area (Å²) in [6.07, 6.45) is 0. The van der Waals surface area contributed by atoms with Gasteiger partial charge >= 0.3 is 0 Å². The molecular formula is C31H20S. The van der Waals surface area contributed by atoms with Crippen LogP contribution in [0.5, 0.6) is 0 Å². The van der Waals surface area contributed by atoms with E-state index in [1.54, 1.807) is 0 Å². The first-order valence-corrected chi connectivity index (χ1v) is 11.9. The van der Waals surface area contributed by atoms with Gasteiger partial charge in [-0.2, -0.15) is 0 Å². The highest BCUT2D eigenvalue weighted by molar-refractivity contribution is 7.99. The van der Waals surface area contributed by atoms with Gasteiger partial charge in [0, 0.05) is 15.7 Å². The van der Waals surface area contributed by atoms with Gasteiger partial charge in [0.2, 0.25) is 0 Å². The van der Waals surface area contributed by atoms with Crippen LogP contribution in [0.4, 0.5) is 0 Å². The van der Waals surface area contributed by atoms with Gasteiger partial charge in [-0.05, 0) is 61.1 Å². The van der Waals surface area contributed by atoms with Crippen LogP contribution in [-0.4, -0.2) is 0 Å². The second kappa shape index (κ2) is 6.98. The molecule has 0 atom stereocenters. The first kappa shape index (κ1) is 18.1. The summed E-state index contributed by atoms with van der Waals surface area (Å²) in [5.74, 6) is 0.197. The average molecular weight is 425 g/mol. The molecule has 32 heavy (non-hydrogen) atoms. The van der Waals surface area contributed by atoms with Crippen molar-refractivity contribution in [3.8, 4) is 0 Å². The molecular weight excluding hydrogens is 404 g/mol. The van der Waals surface area contributed by atoms with Gasteiger partial charge in [-0.25, -0.2) is 0 Å². The lowest BCUT2D eigenvalue weighted by molar-refractivity contribution is 0.928. The summed E-state index contributed by atoms with van der Waals surface area (Å²) in [5, 5.41) is 7.91. The van der Waals surface area contributed by atoms with Gasteiger partial charge in [0.1, 0.15) is 0 Å². The van der Waals surface area contributed by atoms with E-state index in [1.165, 1.54) is 58.8 Å². The van der Waals surface area contributed by atoms with E-state index < -0.39 is 0 Å². The van der Waals surface area contributed by atoms with Crippen molar-refractivity contribution in [2.75, 3.05) is 0 Å². The van der Waals surface area contributed by atoms with Crippen LogP contribution in [0.2, 0.25) is 0 Å². The third kappa shape index (κ3) is 2.65. The average Bonchev–Trinajstić information content (AvgIpc) is 2.87. The molecule has 1 heteroatoms. The third-order valence-corrected chi connectivity index (χ3v) is 7.92. The van der Waals surface area contributed by atoms with Gasteiger partial charge in [-0.3, -0.25) is 0 Å². The van der Waals surface area contributed by atoms with Gasteiger partial charge < -0.3 is 0 Å². The van der Waals surface area contributed by atoms with E-state index in [0.717, 1.165) is 0 Å². The Bertz CT molecular complexity index is 1580. The van der Waals surface area contributed by atoms with Crippen molar-refractivity contribution in [1.82, 2.24) is 0 Å². The second-order valence-electron chi connectivity index (χ2n) is 8.54. The van der Waals surface area contributed by atoms with Crippen molar-refractivity contribution < 1.29 is 0 Å². The van der Waals surface area contributed by atoms with Crippen molar-refractivity contribution in [1.29, 1.82) is 0 Å². The molecule has 0 bridgehead atoms. The Morgan fingerprint density at radius 3 is 1.56 bits per heavy atom. The second-order valence-corrected chi connectivity index (χ2v) is 9.62. The normalized spacial score (nSPS) is 13.4. The Hall–Kier alpha value is -3.55. The lowest BCUT2D eigenvalue weighted by Gasteiger charge is -2.31. The Kier molecular flexibility index (Phi) is 3.94. The molecule has 0 N–H and O–H groups in total. The minimum Gasteiger partial charge on any atom is -0.0894 e. The van der Waals surface area contributed by atoms with Gasteiger partial charge in [0.15, 0.2) is 0 Å². The summed E-state index contributed by atoms with van der Waals surface area (Å²) in [4.78, 5) is 2.73. The third-order valence-electron chi connectivity index (χ3n) is 6.77. The molecule has 0 aromatic heterocycles. The fraction of sp³-hybridized carbons (Fsp3) is 0.0323. The van der Waals surface area contributed by atoms with Crippen molar-refractivity contribution in [2.45, 2.75) is 15.7 Å². The molecule has 0 radical (unpaired) electrons. The zero-order valence-corrected chi connectivity index (χ0v) is 18.3. The van der Waals surface area contributed by atoms with E-state index in [4.69, 9.17) is 0 Å². The van der Waals surface area contributed by atoms with E-state index in [1.807, 2.05) is 11.8 Å². The first-order valence-electron chi connectivity index (χ1n) is 11.1. The van der Waals surface area contributed by atoms with Gasteiger partial charge in [-0.1, -0.05) is 115 Å². The number of benzene rings is 6. The summed E-state index contributed by atoms with van der Waals surface area (Å²) in [7, 11) is 0. The molecule has 0 amide bonds. The van der Waals surface area contributed by atoms with Crippen molar-refractivity contribution >= 4 is 44.1 Å². The maximum atomic E-state index is 2.40. The monoisotopic (exact) mass is 424 g/mol. The molecule has 6 aromatic rings. The molecule has 150 valence electrons. The van der Waals surface area contributed by atoms with Crippen LogP contribution in [0.25, 0.3) is 32.3 Å². The summed E-state index contributed by atoms with van der Waals surface area (Å²) >= 11 is 1.91. The summed E-state index contributed by atoms with van der Waals surface area (Å²) in [6.45, 7) is 0. The van der Waals surface area contributed by atoms with Crippen molar-refractivity contribution in [3.63, 3.8) is 0 Å². The highest BCUT2D eigenvalue weighted by atomic mass is 32.2. The molecule has 0 unspecified atom stereocenters. The number of hydrogen-bond donors (Lipinski definition) is 0. The maximum absolute atomic E-state index is 2.40. The Morgan fingerprint density at radius 1 is 0.438 bits per heavy atom.